The molecule has 0 aliphatic heterocycles. The maximum atomic E-state index is 5.50. The zero-order valence-electron chi connectivity index (χ0n) is 12.3. The summed E-state index contributed by atoms with van der Waals surface area (Å²) in [5, 5.41) is 10.3. The highest BCUT2D eigenvalue weighted by Gasteiger charge is 2.08. The van der Waals surface area contributed by atoms with Crippen molar-refractivity contribution in [3.05, 3.63) is 59.9 Å². The van der Waals surface area contributed by atoms with Crippen LogP contribution in [0.2, 0.25) is 0 Å². The Hall–Kier alpha value is -2.33. The highest BCUT2D eigenvalue weighted by molar-refractivity contribution is 5.87. The van der Waals surface area contributed by atoms with Crippen molar-refractivity contribution in [3.63, 3.8) is 0 Å². The maximum Gasteiger partial charge on any atom is 0.123 e. The molecule has 0 radical (unpaired) electrons. The Kier molecular flexibility index (Phi) is 3.88. The summed E-state index contributed by atoms with van der Waals surface area (Å²) in [7, 11) is 3.64. The summed E-state index contributed by atoms with van der Waals surface area (Å²) in [5.41, 5.74) is 2.23. The standard InChI is InChI=1S/C17H19N3O/c1-20-10-9-14(19-20)11-18-12-16-15-6-4-3-5-13(15)7-8-17(16)21-2/h3-10,18H,11-12H2,1-2H3. The molecule has 1 N–H and O–H groups in total. The number of fused-ring (bicyclic) bond motifs is 1. The van der Waals surface area contributed by atoms with E-state index < -0.39 is 0 Å². The van der Waals surface area contributed by atoms with Crippen LogP contribution in [0.15, 0.2) is 48.7 Å². The van der Waals surface area contributed by atoms with Gasteiger partial charge in [0.2, 0.25) is 0 Å². The quantitative estimate of drug-likeness (QED) is 0.781. The molecule has 3 aromatic rings. The second-order valence-corrected chi connectivity index (χ2v) is 5.05. The summed E-state index contributed by atoms with van der Waals surface area (Å²) in [4.78, 5) is 0. The minimum Gasteiger partial charge on any atom is -0.496 e. The van der Waals surface area contributed by atoms with Crippen LogP contribution in [0.4, 0.5) is 0 Å². The molecule has 0 aliphatic rings. The fraction of sp³-hybridized carbons (Fsp3) is 0.235. The Morgan fingerprint density at radius 3 is 2.71 bits per heavy atom. The molecule has 0 spiro atoms. The van der Waals surface area contributed by atoms with Crippen molar-refractivity contribution < 1.29 is 4.74 Å². The van der Waals surface area contributed by atoms with E-state index in [4.69, 9.17) is 4.74 Å². The molecule has 3 rings (SSSR count). The Labute approximate surface area is 124 Å². The van der Waals surface area contributed by atoms with Crippen LogP contribution >= 0.6 is 0 Å². The van der Waals surface area contributed by atoms with Crippen LogP contribution in [-0.2, 0) is 20.1 Å². The predicted octanol–water partition coefficient (Wildman–Crippen LogP) is 2.87. The molecule has 108 valence electrons. The van der Waals surface area contributed by atoms with Crippen molar-refractivity contribution in [1.82, 2.24) is 15.1 Å². The van der Waals surface area contributed by atoms with Gasteiger partial charge in [0.05, 0.1) is 12.8 Å². The molecule has 0 fully saturated rings. The van der Waals surface area contributed by atoms with Gasteiger partial charge in [-0.15, -0.1) is 0 Å². The molecule has 0 saturated carbocycles. The molecule has 0 atom stereocenters. The normalized spacial score (nSPS) is 11.0. The minimum absolute atomic E-state index is 0.743. The van der Waals surface area contributed by atoms with Gasteiger partial charge in [-0.25, -0.2) is 0 Å². The number of hydrogen-bond acceptors (Lipinski definition) is 3. The van der Waals surface area contributed by atoms with Crippen molar-refractivity contribution >= 4 is 10.8 Å². The zero-order valence-corrected chi connectivity index (χ0v) is 12.3. The van der Waals surface area contributed by atoms with Gasteiger partial charge in [-0.2, -0.15) is 5.10 Å². The summed E-state index contributed by atoms with van der Waals surface area (Å²) in [6, 6.07) is 14.5. The van der Waals surface area contributed by atoms with Crippen molar-refractivity contribution in [1.29, 1.82) is 0 Å². The van der Waals surface area contributed by atoms with Gasteiger partial charge in [0.1, 0.15) is 5.75 Å². The van der Waals surface area contributed by atoms with Crippen molar-refractivity contribution in [2.45, 2.75) is 13.1 Å². The van der Waals surface area contributed by atoms with Gasteiger partial charge in [-0.1, -0.05) is 30.3 Å². The van der Waals surface area contributed by atoms with E-state index in [1.165, 1.54) is 16.3 Å². The first-order valence-corrected chi connectivity index (χ1v) is 7.02. The van der Waals surface area contributed by atoms with E-state index in [-0.39, 0.29) is 0 Å². The first-order valence-electron chi connectivity index (χ1n) is 7.02. The molecule has 1 heterocycles. The number of methoxy groups -OCH3 is 1. The van der Waals surface area contributed by atoms with Crippen LogP contribution in [0.3, 0.4) is 0 Å². The second kappa shape index (κ2) is 5.97. The average molecular weight is 281 g/mol. The van der Waals surface area contributed by atoms with Crippen molar-refractivity contribution in [3.8, 4) is 5.75 Å². The number of benzene rings is 2. The summed E-state index contributed by atoms with van der Waals surface area (Å²) in [5.74, 6) is 0.919. The highest BCUT2D eigenvalue weighted by atomic mass is 16.5. The Balaban J connectivity index is 1.81. The molecular weight excluding hydrogens is 262 g/mol. The summed E-state index contributed by atoms with van der Waals surface area (Å²) >= 11 is 0. The molecule has 1 aromatic heterocycles. The van der Waals surface area contributed by atoms with E-state index in [0.29, 0.717) is 0 Å². The summed E-state index contributed by atoms with van der Waals surface area (Å²) < 4.78 is 7.32. The first kappa shape index (κ1) is 13.6. The number of rotatable bonds is 5. The molecule has 4 nitrogen and oxygen atoms in total. The lowest BCUT2D eigenvalue weighted by Crippen LogP contribution is -2.14. The third-order valence-electron chi connectivity index (χ3n) is 3.59. The van der Waals surface area contributed by atoms with Gasteiger partial charge < -0.3 is 10.1 Å². The molecule has 0 amide bonds. The lowest BCUT2D eigenvalue weighted by Gasteiger charge is -2.12. The van der Waals surface area contributed by atoms with Crippen LogP contribution in [-0.4, -0.2) is 16.9 Å². The Morgan fingerprint density at radius 2 is 1.95 bits per heavy atom. The number of ether oxygens (including phenoxy) is 1. The van der Waals surface area contributed by atoms with Gasteiger partial charge in [-0.05, 0) is 22.9 Å². The summed E-state index contributed by atoms with van der Waals surface area (Å²) in [6.45, 7) is 1.49. The molecule has 0 unspecified atom stereocenters. The smallest absolute Gasteiger partial charge is 0.123 e. The predicted molar refractivity (Wildman–Crippen MR) is 84.3 cm³/mol. The second-order valence-electron chi connectivity index (χ2n) is 5.05. The maximum absolute atomic E-state index is 5.50. The fourth-order valence-corrected chi connectivity index (χ4v) is 2.56. The van der Waals surface area contributed by atoms with E-state index in [1.54, 1.807) is 7.11 Å². The summed E-state index contributed by atoms with van der Waals surface area (Å²) in [6.07, 6.45) is 1.95. The average Bonchev–Trinajstić information content (AvgIpc) is 2.93. The lowest BCUT2D eigenvalue weighted by molar-refractivity contribution is 0.408. The van der Waals surface area contributed by atoms with Crippen LogP contribution < -0.4 is 10.1 Å². The topological polar surface area (TPSA) is 39.1 Å². The molecule has 0 aliphatic carbocycles. The first-order chi connectivity index (χ1) is 10.3. The largest absolute Gasteiger partial charge is 0.496 e. The van der Waals surface area contributed by atoms with E-state index in [2.05, 4.69) is 40.7 Å². The molecule has 21 heavy (non-hydrogen) atoms. The van der Waals surface area contributed by atoms with Crippen molar-refractivity contribution in [2.75, 3.05) is 7.11 Å². The van der Waals surface area contributed by atoms with Gasteiger partial charge in [0.15, 0.2) is 0 Å². The molecular formula is C17H19N3O. The van der Waals surface area contributed by atoms with Gasteiger partial charge in [0.25, 0.3) is 0 Å². The third kappa shape index (κ3) is 2.90. The van der Waals surface area contributed by atoms with Gasteiger partial charge in [-0.3, -0.25) is 4.68 Å². The SMILES string of the molecule is COc1ccc2ccccc2c1CNCc1ccn(C)n1. The number of aromatic nitrogens is 2. The Bertz CT molecular complexity index is 749. The van der Waals surface area contributed by atoms with E-state index in [9.17, 15) is 0 Å². The molecule has 0 saturated heterocycles. The van der Waals surface area contributed by atoms with E-state index >= 15 is 0 Å². The third-order valence-corrected chi connectivity index (χ3v) is 3.59. The van der Waals surface area contributed by atoms with Crippen LogP contribution in [0, 0.1) is 0 Å². The number of nitrogens with zero attached hydrogens (tertiary/aromatic N) is 2. The fourth-order valence-electron chi connectivity index (χ4n) is 2.56. The Morgan fingerprint density at radius 1 is 1.10 bits per heavy atom. The van der Waals surface area contributed by atoms with Crippen molar-refractivity contribution in [2.24, 2.45) is 7.05 Å². The van der Waals surface area contributed by atoms with Gasteiger partial charge in [0, 0.05) is 31.9 Å². The zero-order chi connectivity index (χ0) is 14.7. The van der Waals surface area contributed by atoms with Crippen LogP contribution in [0.1, 0.15) is 11.3 Å². The number of nitrogens with one attached hydrogen (secondary N) is 1. The van der Waals surface area contributed by atoms with Crippen LogP contribution in [0.5, 0.6) is 5.75 Å². The van der Waals surface area contributed by atoms with E-state index in [1.807, 2.05) is 30.1 Å². The van der Waals surface area contributed by atoms with Gasteiger partial charge >= 0.3 is 0 Å². The number of aryl methyl sites for hydroxylation is 1. The lowest BCUT2D eigenvalue weighted by atomic mass is 10.0. The van der Waals surface area contributed by atoms with Crippen LogP contribution in [0.25, 0.3) is 10.8 Å². The minimum atomic E-state index is 0.743. The molecule has 0 bridgehead atoms. The molecule has 2 aromatic carbocycles. The molecule has 4 heteroatoms. The monoisotopic (exact) mass is 281 g/mol. The number of hydrogen-bond donors (Lipinski definition) is 1. The highest BCUT2D eigenvalue weighted by Crippen LogP contribution is 2.27. The van der Waals surface area contributed by atoms with E-state index in [0.717, 1.165) is 24.5 Å².